The molecule has 0 spiro atoms. The predicted octanol–water partition coefficient (Wildman–Crippen LogP) is 3.32. The van der Waals surface area contributed by atoms with Crippen LogP contribution in [0, 0.1) is 0 Å². The van der Waals surface area contributed by atoms with Gasteiger partial charge in [0.2, 0.25) is 0 Å². The van der Waals surface area contributed by atoms with Gasteiger partial charge in [-0.1, -0.05) is 42.5 Å². The summed E-state index contributed by atoms with van der Waals surface area (Å²) in [6.07, 6.45) is 0. The summed E-state index contributed by atoms with van der Waals surface area (Å²) >= 11 is 0. The second-order valence-corrected chi connectivity index (χ2v) is 5.99. The van der Waals surface area contributed by atoms with Crippen LogP contribution in [0.2, 0.25) is 0 Å². The van der Waals surface area contributed by atoms with Crippen LogP contribution >= 0.6 is 0 Å². The zero-order valence-corrected chi connectivity index (χ0v) is 14.7. The molecule has 26 heavy (non-hydrogen) atoms. The Balaban J connectivity index is 1.77. The first-order valence-electron chi connectivity index (χ1n) is 8.25. The number of carbonyl (C=O) groups excluding carboxylic acids is 1. The van der Waals surface area contributed by atoms with Gasteiger partial charge in [0.05, 0.1) is 7.11 Å². The van der Waals surface area contributed by atoms with Crippen molar-refractivity contribution in [3.8, 4) is 17.0 Å². The lowest BCUT2D eigenvalue weighted by Gasteiger charge is -2.17. The second kappa shape index (κ2) is 7.70. The summed E-state index contributed by atoms with van der Waals surface area (Å²) in [4.78, 5) is 29.3. The van der Waals surface area contributed by atoms with Crippen LogP contribution in [0.4, 0.5) is 0 Å². The Labute approximate surface area is 151 Å². The molecule has 3 aromatic rings. The van der Waals surface area contributed by atoms with E-state index in [1.807, 2.05) is 54.6 Å². The SMILES string of the molecule is COc1ccc(CN(C)C(=O)c2ccc(-c3ccccc3)[nH]c2=O)cc1. The Morgan fingerprint density at radius 1 is 1.00 bits per heavy atom. The van der Waals surface area contributed by atoms with Crippen LogP contribution in [-0.4, -0.2) is 29.9 Å². The summed E-state index contributed by atoms with van der Waals surface area (Å²) in [5.74, 6) is 0.442. The van der Waals surface area contributed by atoms with Crippen molar-refractivity contribution in [3.05, 3.63) is 88.2 Å². The number of amides is 1. The molecule has 0 aliphatic rings. The molecule has 1 aromatic heterocycles. The minimum atomic E-state index is -0.391. The number of hydrogen-bond acceptors (Lipinski definition) is 3. The Bertz CT molecular complexity index is 947. The average molecular weight is 348 g/mol. The van der Waals surface area contributed by atoms with Gasteiger partial charge in [0.1, 0.15) is 11.3 Å². The zero-order valence-electron chi connectivity index (χ0n) is 14.7. The van der Waals surface area contributed by atoms with Gasteiger partial charge in [-0.3, -0.25) is 9.59 Å². The van der Waals surface area contributed by atoms with Crippen molar-refractivity contribution in [2.24, 2.45) is 0 Å². The topological polar surface area (TPSA) is 62.4 Å². The number of rotatable bonds is 5. The van der Waals surface area contributed by atoms with E-state index in [9.17, 15) is 9.59 Å². The minimum absolute atomic E-state index is 0.126. The summed E-state index contributed by atoms with van der Waals surface area (Å²) in [5.41, 5.74) is 2.28. The molecule has 1 heterocycles. The lowest BCUT2D eigenvalue weighted by molar-refractivity contribution is 0.0783. The molecule has 0 radical (unpaired) electrons. The third-order valence-corrected chi connectivity index (χ3v) is 4.15. The number of methoxy groups -OCH3 is 1. The first kappa shape index (κ1) is 17.5. The summed E-state index contributed by atoms with van der Waals surface area (Å²) in [6, 6.07) is 20.3. The molecule has 2 aromatic carbocycles. The van der Waals surface area contributed by atoms with Gasteiger partial charge >= 0.3 is 0 Å². The highest BCUT2D eigenvalue weighted by Gasteiger charge is 2.16. The van der Waals surface area contributed by atoms with Gasteiger partial charge in [0, 0.05) is 19.3 Å². The number of aromatic amines is 1. The number of hydrogen-bond donors (Lipinski definition) is 1. The van der Waals surface area contributed by atoms with Crippen molar-refractivity contribution < 1.29 is 9.53 Å². The van der Waals surface area contributed by atoms with E-state index in [1.54, 1.807) is 26.3 Å². The summed E-state index contributed by atoms with van der Waals surface area (Å²) < 4.78 is 5.13. The first-order valence-corrected chi connectivity index (χ1v) is 8.25. The van der Waals surface area contributed by atoms with Crippen LogP contribution < -0.4 is 10.3 Å². The predicted molar refractivity (Wildman–Crippen MR) is 101 cm³/mol. The number of aromatic nitrogens is 1. The number of pyridine rings is 1. The molecule has 132 valence electrons. The van der Waals surface area contributed by atoms with Crippen molar-refractivity contribution in [3.63, 3.8) is 0 Å². The van der Waals surface area contributed by atoms with Gasteiger partial charge in [-0.2, -0.15) is 0 Å². The van der Waals surface area contributed by atoms with Gasteiger partial charge in [0.15, 0.2) is 0 Å². The van der Waals surface area contributed by atoms with Crippen LogP contribution in [0.3, 0.4) is 0 Å². The summed E-state index contributed by atoms with van der Waals surface area (Å²) in [7, 11) is 3.28. The Hall–Kier alpha value is -3.34. The van der Waals surface area contributed by atoms with Crippen LogP contribution in [0.1, 0.15) is 15.9 Å². The zero-order chi connectivity index (χ0) is 18.5. The van der Waals surface area contributed by atoms with Crippen LogP contribution in [0.15, 0.2) is 71.5 Å². The number of ether oxygens (including phenoxy) is 1. The van der Waals surface area contributed by atoms with E-state index in [1.165, 1.54) is 4.90 Å². The fourth-order valence-corrected chi connectivity index (χ4v) is 2.71. The maximum Gasteiger partial charge on any atom is 0.261 e. The van der Waals surface area contributed by atoms with E-state index in [4.69, 9.17) is 4.74 Å². The second-order valence-electron chi connectivity index (χ2n) is 5.99. The molecule has 0 saturated heterocycles. The standard InChI is InChI=1S/C21H20N2O3/c1-23(14-15-8-10-17(26-2)11-9-15)21(25)18-12-13-19(22-20(18)24)16-6-4-3-5-7-16/h3-13H,14H2,1-2H3,(H,22,24). The van der Waals surface area contributed by atoms with E-state index in [0.29, 0.717) is 12.2 Å². The summed E-state index contributed by atoms with van der Waals surface area (Å²) in [5, 5.41) is 0. The van der Waals surface area contributed by atoms with Crippen molar-refractivity contribution in [1.82, 2.24) is 9.88 Å². The fourth-order valence-electron chi connectivity index (χ4n) is 2.71. The van der Waals surface area contributed by atoms with Crippen molar-refractivity contribution in [2.75, 3.05) is 14.2 Å². The van der Waals surface area contributed by atoms with Crippen LogP contribution in [0.25, 0.3) is 11.3 Å². The van der Waals surface area contributed by atoms with Gasteiger partial charge in [-0.15, -0.1) is 0 Å². The molecule has 5 nitrogen and oxygen atoms in total. The molecule has 3 rings (SSSR count). The maximum absolute atomic E-state index is 12.6. The van der Waals surface area contributed by atoms with Gasteiger partial charge < -0.3 is 14.6 Å². The van der Waals surface area contributed by atoms with E-state index in [0.717, 1.165) is 16.9 Å². The Morgan fingerprint density at radius 2 is 1.69 bits per heavy atom. The molecular formula is C21H20N2O3. The largest absolute Gasteiger partial charge is 0.497 e. The van der Waals surface area contributed by atoms with E-state index in [2.05, 4.69) is 4.98 Å². The molecule has 0 aliphatic heterocycles. The molecule has 0 bridgehead atoms. The summed E-state index contributed by atoms with van der Waals surface area (Å²) in [6.45, 7) is 0.405. The first-order chi connectivity index (χ1) is 12.6. The van der Waals surface area contributed by atoms with Gasteiger partial charge in [-0.05, 0) is 35.4 Å². The Kier molecular flexibility index (Phi) is 5.17. The number of nitrogens with one attached hydrogen (secondary N) is 1. The van der Waals surface area contributed by atoms with Crippen molar-refractivity contribution in [2.45, 2.75) is 6.54 Å². The molecule has 0 aliphatic carbocycles. The fraction of sp³-hybridized carbons (Fsp3) is 0.143. The number of H-pyrrole nitrogens is 1. The maximum atomic E-state index is 12.6. The van der Waals surface area contributed by atoms with E-state index < -0.39 is 5.56 Å². The normalized spacial score (nSPS) is 10.4. The van der Waals surface area contributed by atoms with Crippen LogP contribution in [-0.2, 0) is 6.54 Å². The van der Waals surface area contributed by atoms with Crippen molar-refractivity contribution >= 4 is 5.91 Å². The highest BCUT2D eigenvalue weighted by atomic mass is 16.5. The molecule has 0 unspecified atom stereocenters. The molecule has 1 amide bonds. The molecule has 1 N–H and O–H groups in total. The minimum Gasteiger partial charge on any atom is -0.497 e. The highest BCUT2D eigenvalue weighted by molar-refractivity contribution is 5.93. The molecule has 0 atom stereocenters. The molecule has 0 saturated carbocycles. The Morgan fingerprint density at radius 3 is 2.31 bits per heavy atom. The number of nitrogens with zero attached hydrogens (tertiary/aromatic N) is 1. The smallest absolute Gasteiger partial charge is 0.261 e. The average Bonchev–Trinajstić information content (AvgIpc) is 2.68. The molecular weight excluding hydrogens is 328 g/mol. The quantitative estimate of drug-likeness (QED) is 0.769. The lowest BCUT2D eigenvalue weighted by Crippen LogP contribution is -2.31. The monoisotopic (exact) mass is 348 g/mol. The van der Waals surface area contributed by atoms with Gasteiger partial charge in [-0.25, -0.2) is 0 Å². The highest BCUT2D eigenvalue weighted by Crippen LogP contribution is 2.16. The van der Waals surface area contributed by atoms with Gasteiger partial charge in [0.25, 0.3) is 11.5 Å². The number of benzene rings is 2. The van der Waals surface area contributed by atoms with E-state index in [-0.39, 0.29) is 11.5 Å². The molecule has 0 fully saturated rings. The lowest BCUT2D eigenvalue weighted by atomic mass is 10.1. The van der Waals surface area contributed by atoms with E-state index >= 15 is 0 Å². The van der Waals surface area contributed by atoms with Crippen molar-refractivity contribution in [1.29, 1.82) is 0 Å². The van der Waals surface area contributed by atoms with Crippen LogP contribution in [0.5, 0.6) is 5.75 Å². The molecule has 5 heteroatoms. The third kappa shape index (κ3) is 3.83. The number of carbonyl (C=O) groups is 1. The third-order valence-electron chi connectivity index (χ3n) is 4.15.